The van der Waals surface area contributed by atoms with E-state index in [0.717, 1.165) is 5.69 Å². The van der Waals surface area contributed by atoms with Crippen LogP contribution >= 0.6 is 0 Å². The predicted octanol–water partition coefficient (Wildman–Crippen LogP) is 1.11. The molecule has 2 rings (SSSR count). The molecule has 2 aromatic heterocycles. The van der Waals surface area contributed by atoms with Gasteiger partial charge in [0.15, 0.2) is 5.82 Å². The molecule has 0 amide bonds. The zero-order valence-corrected chi connectivity index (χ0v) is 6.98. The Hall–Kier alpha value is -1.78. The lowest BCUT2D eigenvalue weighted by Crippen LogP contribution is -1.99. The number of aryl methyl sites for hydroxylation is 1. The molecule has 0 unspecified atom stereocenters. The van der Waals surface area contributed by atoms with Crippen LogP contribution in [0.1, 0.15) is 5.69 Å². The Bertz CT molecular complexity index is 424. The first-order chi connectivity index (χ1) is 6.25. The van der Waals surface area contributed by atoms with E-state index in [2.05, 4.69) is 15.1 Å². The average molecular weight is 178 g/mol. The summed E-state index contributed by atoms with van der Waals surface area (Å²) in [5, 5.41) is 4.08. The number of hydrogen-bond donors (Lipinski definition) is 0. The molecule has 4 nitrogen and oxygen atoms in total. The first-order valence-corrected chi connectivity index (χ1v) is 3.76. The molecule has 13 heavy (non-hydrogen) atoms. The van der Waals surface area contributed by atoms with Gasteiger partial charge < -0.3 is 0 Å². The van der Waals surface area contributed by atoms with Crippen LogP contribution in [0.15, 0.2) is 24.7 Å². The number of aromatic nitrogens is 4. The van der Waals surface area contributed by atoms with Crippen molar-refractivity contribution in [2.24, 2.45) is 0 Å². The molecule has 0 atom stereocenters. The maximum atomic E-state index is 12.7. The minimum Gasteiger partial charge on any atom is -0.222 e. The minimum absolute atomic E-state index is 0.431. The Morgan fingerprint density at radius 1 is 1.38 bits per heavy atom. The molecular formula is C8H7FN4. The lowest BCUT2D eigenvalue weighted by Gasteiger charge is -1.97. The van der Waals surface area contributed by atoms with Gasteiger partial charge in [-0.25, -0.2) is 14.6 Å². The summed E-state index contributed by atoms with van der Waals surface area (Å²) in [6, 6.07) is 3.05. The van der Waals surface area contributed by atoms with Crippen LogP contribution in [0.25, 0.3) is 5.82 Å². The zero-order valence-electron chi connectivity index (χ0n) is 6.98. The second-order valence-electron chi connectivity index (χ2n) is 2.60. The minimum atomic E-state index is -0.557. The van der Waals surface area contributed by atoms with Crippen molar-refractivity contribution in [2.45, 2.75) is 6.92 Å². The monoisotopic (exact) mass is 178 g/mol. The molecule has 0 aromatic carbocycles. The summed E-state index contributed by atoms with van der Waals surface area (Å²) >= 11 is 0. The molecule has 0 spiro atoms. The zero-order chi connectivity index (χ0) is 9.26. The van der Waals surface area contributed by atoms with Gasteiger partial charge in [-0.05, 0) is 13.0 Å². The molecule has 0 saturated carbocycles. The molecule has 0 aliphatic rings. The van der Waals surface area contributed by atoms with Crippen LogP contribution in [0, 0.1) is 12.9 Å². The summed E-state index contributed by atoms with van der Waals surface area (Å²) in [6.45, 7) is 1.86. The maximum absolute atomic E-state index is 12.7. The fourth-order valence-electron chi connectivity index (χ4n) is 0.992. The Kier molecular flexibility index (Phi) is 1.77. The molecule has 2 heterocycles. The highest BCUT2D eigenvalue weighted by molar-refractivity contribution is 5.19. The van der Waals surface area contributed by atoms with E-state index < -0.39 is 5.95 Å². The third kappa shape index (κ3) is 1.53. The lowest BCUT2D eigenvalue weighted by atomic mass is 10.5. The van der Waals surface area contributed by atoms with Gasteiger partial charge >= 0.3 is 0 Å². The van der Waals surface area contributed by atoms with Crippen LogP contribution in [0.2, 0.25) is 0 Å². The number of hydrogen-bond acceptors (Lipinski definition) is 3. The largest absolute Gasteiger partial charge is 0.222 e. The smallest absolute Gasteiger partial charge is 0.218 e. The van der Waals surface area contributed by atoms with Gasteiger partial charge in [-0.2, -0.15) is 9.49 Å². The van der Waals surface area contributed by atoms with Crippen molar-refractivity contribution < 1.29 is 4.39 Å². The summed E-state index contributed by atoms with van der Waals surface area (Å²) in [5.74, 6) is -0.126. The van der Waals surface area contributed by atoms with Crippen molar-refractivity contribution in [3.8, 4) is 5.82 Å². The first kappa shape index (κ1) is 7.85. The van der Waals surface area contributed by atoms with Gasteiger partial charge in [0.05, 0.1) is 5.69 Å². The summed E-state index contributed by atoms with van der Waals surface area (Å²) in [6.07, 6.45) is 2.89. The Morgan fingerprint density at radius 2 is 2.23 bits per heavy atom. The second kappa shape index (κ2) is 2.93. The SMILES string of the molecule is Cc1ccn(-c2cc(F)ncn2)n1. The van der Waals surface area contributed by atoms with Crippen LogP contribution in [0.4, 0.5) is 4.39 Å². The molecule has 0 aliphatic heterocycles. The number of nitrogens with zero attached hydrogens (tertiary/aromatic N) is 4. The number of rotatable bonds is 1. The van der Waals surface area contributed by atoms with Crippen molar-refractivity contribution in [2.75, 3.05) is 0 Å². The number of halogens is 1. The summed E-state index contributed by atoms with van der Waals surface area (Å²) in [7, 11) is 0. The van der Waals surface area contributed by atoms with E-state index in [1.807, 2.05) is 13.0 Å². The highest BCUT2D eigenvalue weighted by atomic mass is 19.1. The molecule has 0 fully saturated rings. The first-order valence-electron chi connectivity index (χ1n) is 3.76. The third-order valence-corrected chi connectivity index (χ3v) is 1.58. The van der Waals surface area contributed by atoms with E-state index in [-0.39, 0.29) is 0 Å². The Balaban J connectivity index is 2.46. The van der Waals surface area contributed by atoms with Crippen molar-refractivity contribution in [1.82, 2.24) is 19.7 Å². The highest BCUT2D eigenvalue weighted by Gasteiger charge is 2.00. The van der Waals surface area contributed by atoms with Gasteiger partial charge in [0.1, 0.15) is 6.33 Å². The van der Waals surface area contributed by atoms with Crippen molar-refractivity contribution in [1.29, 1.82) is 0 Å². The molecular weight excluding hydrogens is 171 g/mol. The van der Waals surface area contributed by atoms with E-state index in [4.69, 9.17) is 0 Å². The fraction of sp³-hybridized carbons (Fsp3) is 0.125. The van der Waals surface area contributed by atoms with E-state index in [1.165, 1.54) is 17.1 Å². The molecule has 0 aliphatic carbocycles. The van der Waals surface area contributed by atoms with Gasteiger partial charge in [0, 0.05) is 12.3 Å². The normalized spacial score (nSPS) is 10.3. The molecule has 66 valence electrons. The fourth-order valence-corrected chi connectivity index (χ4v) is 0.992. The standard InChI is InChI=1S/C8H7FN4/c1-6-2-3-13(12-6)8-4-7(9)10-5-11-8/h2-5H,1H3. The summed E-state index contributed by atoms with van der Waals surface area (Å²) in [5.41, 5.74) is 0.860. The van der Waals surface area contributed by atoms with Gasteiger partial charge in [0.2, 0.25) is 5.95 Å². The third-order valence-electron chi connectivity index (χ3n) is 1.58. The Morgan fingerprint density at radius 3 is 2.85 bits per heavy atom. The summed E-state index contributed by atoms with van der Waals surface area (Å²) < 4.78 is 14.2. The van der Waals surface area contributed by atoms with Gasteiger partial charge in [-0.1, -0.05) is 0 Å². The van der Waals surface area contributed by atoms with Gasteiger partial charge in [-0.15, -0.1) is 0 Å². The highest BCUT2D eigenvalue weighted by Crippen LogP contribution is 2.03. The molecule has 2 aromatic rings. The predicted molar refractivity (Wildman–Crippen MR) is 43.8 cm³/mol. The maximum Gasteiger partial charge on any atom is 0.218 e. The molecule has 0 bridgehead atoms. The van der Waals surface area contributed by atoms with Crippen LogP contribution in [-0.4, -0.2) is 19.7 Å². The van der Waals surface area contributed by atoms with Crippen LogP contribution in [0.5, 0.6) is 0 Å². The van der Waals surface area contributed by atoms with E-state index >= 15 is 0 Å². The van der Waals surface area contributed by atoms with Crippen molar-refractivity contribution in [3.05, 3.63) is 36.3 Å². The molecule has 0 N–H and O–H groups in total. The van der Waals surface area contributed by atoms with Crippen molar-refractivity contribution in [3.63, 3.8) is 0 Å². The van der Waals surface area contributed by atoms with Crippen LogP contribution in [0.3, 0.4) is 0 Å². The molecule has 0 radical (unpaired) electrons. The average Bonchev–Trinajstić information content (AvgIpc) is 2.52. The lowest BCUT2D eigenvalue weighted by molar-refractivity contribution is 0.575. The van der Waals surface area contributed by atoms with Crippen molar-refractivity contribution >= 4 is 0 Å². The summed E-state index contributed by atoms with van der Waals surface area (Å²) in [4.78, 5) is 7.23. The molecule has 0 saturated heterocycles. The topological polar surface area (TPSA) is 43.6 Å². The van der Waals surface area contributed by atoms with Crippen LogP contribution in [-0.2, 0) is 0 Å². The quantitative estimate of drug-likeness (QED) is 0.614. The van der Waals surface area contributed by atoms with Gasteiger partial charge in [0.25, 0.3) is 0 Å². The second-order valence-corrected chi connectivity index (χ2v) is 2.60. The van der Waals surface area contributed by atoms with E-state index in [9.17, 15) is 4.39 Å². The van der Waals surface area contributed by atoms with E-state index in [0.29, 0.717) is 5.82 Å². The Labute approximate surface area is 74.1 Å². The van der Waals surface area contributed by atoms with Crippen LogP contribution < -0.4 is 0 Å². The van der Waals surface area contributed by atoms with Gasteiger partial charge in [-0.3, -0.25) is 0 Å². The van der Waals surface area contributed by atoms with E-state index in [1.54, 1.807) is 6.20 Å². The molecule has 5 heteroatoms.